The van der Waals surface area contributed by atoms with E-state index in [9.17, 15) is 4.79 Å². The second kappa shape index (κ2) is 4.60. The standard InChI is InChI=1S/C10H11N5O2/c1-15-13-10(12-14-15)11-9(16)7-4-3-5-8(6-7)17-2/h3-6H,1-2H3,(H,11,13,16). The maximum atomic E-state index is 11.8. The fraction of sp³-hybridized carbons (Fsp3) is 0.200. The van der Waals surface area contributed by atoms with Gasteiger partial charge in [-0.15, -0.1) is 5.10 Å². The molecule has 0 aliphatic carbocycles. The average Bonchev–Trinajstić information content (AvgIpc) is 2.75. The highest BCUT2D eigenvalue weighted by Gasteiger charge is 2.09. The minimum atomic E-state index is -0.308. The first-order chi connectivity index (χ1) is 8.19. The minimum absolute atomic E-state index is 0.167. The number of aryl methyl sites for hydroxylation is 1. The van der Waals surface area contributed by atoms with Gasteiger partial charge >= 0.3 is 0 Å². The first-order valence-corrected chi connectivity index (χ1v) is 4.88. The van der Waals surface area contributed by atoms with Gasteiger partial charge in [0.15, 0.2) is 0 Å². The summed E-state index contributed by atoms with van der Waals surface area (Å²) >= 11 is 0. The Hall–Kier alpha value is -2.44. The van der Waals surface area contributed by atoms with Crippen LogP contribution >= 0.6 is 0 Å². The van der Waals surface area contributed by atoms with E-state index in [4.69, 9.17) is 4.74 Å². The van der Waals surface area contributed by atoms with Gasteiger partial charge in [0.05, 0.1) is 14.2 Å². The fourth-order valence-electron chi connectivity index (χ4n) is 1.27. The van der Waals surface area contributed by atoms with E-state index in [1.807, 2.05) is 0 Å². The number of benzene rings is 1. The SMILES string of the molecule is COc1cccc(C(=O)Nc2nnn(C)n2)c1. The van der Waals surface area contributed by atoms with E-state index in [0.717, 1.165) is 0 Å². The Morgan fingerprint density at radius 3 is 2.94 bits per heavy atom. The molecular weight excluding hydrogens is 222 g/mol. The Labute approximate surface area is 97.4 Å². The van der Waals surface area contributed by atoms with Gasteiger partial charge < -0.3 is 4.74 Å². The molecule has 0 radical (unpaired) electrons. The summed E-state index contributed by atoms with van der Waals surface area (Å²) in [6.07, 6.45) is 0. The number of nitrogens with one attached hydrogen (secondary N) is 1. The van der Waals surface area contributed by atoms with Crippen molar-refractivity contribution in [1.82, 2.24) is 20.2 Å². The molecule has 2 aromatic rings. The number of tetrazole rings is 1. The third-order valence-electron chi connectivity index (χ3n) is 2.07. The number of hydrogen-bond acceptors (Lipinski definition) is 5. The number of hydrogen-bond donors (Lipinski definition) is 1. The van der Waals surface area contributed by atoms with Crippen LogP contribution < -0.4 is 10.1 Å². The van der Waals surface area contributed by atoms with E-state index >= 15 is 0 Å². The summed E-state index contributed by atoms with van der Waals surface area (Å²) in [5.74, 6) is 0.474. The van der Waals surface area contributed by atoms with Gasteiger partial charge in [0.1, 0.15) is 5.75 Å². The molecule has 0 saturated carbocycles. The van der Waals surface area contributed by atoms with Crippen molar-refractivity contribution >= 4 is 11.9 Å². The van der Waals surface area contributed by atoms with Crippen LogP contribution in [0, 0.1) is 0 Å². The predicted molar refractivity (Wildman–Crippen MR) is 59.7 cm³/mol. The van der Waals surface area contributed by atoms with E-state index in [2.05, 4.69) is 20.7 Å². The number of rotatable bonds is 3. The highest BCUT2D eigenvalue weighted by atomic mass is 16.5. The average molecular weight is 233 g/mol. The third kappa shape index (κ3) is 2.57. The smallest absolute Gasteiger partial charge is 0.270 e. The summed E-state index contributed by atoms with van der Waals surface area (Å²) in [5, 5.41) is 13.7. The summed E-state index contributed by atoms with van der Waals surface area (Å²) in [5.41, 5.74) is 0.469. The van der Waals surface area contributed by atoms with Gasteiger partial charge in [0.2, 0.25) is 0 Å². The summed E-state index contributed by atoms with van der Waals surface area (Å²) in [7, 11) is 3.16. The molecule has 0 atom stereocenters. The van der Waals surface area contributed by atoms with Crippen molar-refractivity contribution in [2.24, 2.45) is 7.05 Å². The van der Waals surface area contributed by atoms with Crippen molar-refractivity contribution in [3.63, 3.8) is 0 Å². The fourth-order valence-corrected chi connectivity index (χ4v) is 1.27. The number of nitrogens with zero attached hydrogens (tertiary/aromatic N) is 4. The monoisotopic (exact) mass is 233 g/mol. The number of amides is 1. The zero-order chi connectivity index (χ0) is 12.3. The van der Waals surface area contributed by atoms with Crippen LogP contribution in [-0.4, -0.2) is 33.2 Å². The van der Waals surface area contributed by atoms with Crippen LogP contribution in [0.1, 0.15) is 10.4 Å². The van der Waals surface area contributed by atoms with Gasteiger partial charge in [-0.1, -0.05) is 11.2 Å². The molecule has 1 amide bonds. The lowest BCUT2D eigenvalue weighted by molar-refractivity contribution is 0.102. The highest BCUT2D eigenvalue weighted by molar-refractivity contribution is 6.03. The second-order valence-electron chi connectivity index (χ2n) is 3.29. The number of ether oxygens (including phenoxy) is 1. The van der Waals surface area contributed by atoms with Crippen LogP contribution in [0.3, 0.4) is 0 Å². The number of carbonyl (C=O) groups excluding carboxylic acids is 1. The number of carbonyl (C=O) groups is 1. The molecule has 0 unspecified atom stereocenters. The van der Waals surface area contributed by atoms with Gasteiger partial charge in [0.25, 0.3) is 11.9 Å². The molecule has 1 aromatic heterocycles. The molecule has 7 nitrogen and oxygen atoms in total. The lowest BCUT2D eigenvalue weighted by Crippen LogP contribution is -2.13. The van der Waals surface area contributed by atoms with Crippen molar-refractivity contribution in [3.05, 3.63) is 29.8 Å². The Kier molecular flexibility index (Phi) is 2.99. The van der Waals surface area contributed by atoms with Gasteiger partial charge in [-0.2, -0.15) is 4.80 Å². The number of anilines is 1. The predicted octanol–water partition coefficient (Wildman–Crippen LogP) is 0.471. The molecule has 1 heterocycles. The maximum Gasteiger partial charge on any atom is 0.270 e. The topological polar surface area (TPSA) is 81.9 Å². The normalized spacial score (nSPS) is 10.0. The van der Waals surface area contributed by atoms with E-state index < -0.39 is 0 Å². The zero-order valence-corrected chi connectivity index (χ0v) is 9.41. The number of methoxy groups -OCH3 is 1. The van der Waals surface area contributed by atoms with Crippen LogP contribution in [0.5, 0.6) is 5.75 Å². The summed E-state index contributed by atoms with van der Waals surface area (Å²) in [6.45, 7) is 0. The van der Waals surface area contributed by atoms with Crippen molar-refractivity contribution in [2.75, 3.05) is 12.4 Å². The molecular formula is C10H11N5O2. The van der Waals surface area contributed by atoms with Gasteiger partial charge in [-0.25, -0.2) is 0 Å². The summed E-state index contributed by atoms with van der Waals surface area (Å²) in [6, 6.07) is 6.80. The Morgan fingerprint density at radius 1 is 1.47 bits per heavy atom. The largest absolute Gasteiger partial charge is 0.497 e. The molecule has 88 valence electrons. The molecule has 0 aliphatic rings. The molecule has 17 heavy (non-hydrogen) atoms. The van der Waals surface area contributed by atoms with Crippen LogP contribution in [0.4, 0.5) is 5.95 Å². The summed E-state index contributed by atoms with van der Waals surface area (Å²) in [4.78, 5) is 13.1. The Morgan fingerprint density at radius 2 is 2.29 bits per heavy atom. The van der Waals surface area contributed by atoms with Crippen LogP contribution in [0.25, 0.3) is 0 Å². The molecule has 0 spiro atoms. The van der Waals surface area contributed by atoms with E-state index in [0.29, 0.717) is 11.3 Å². The van der Waals surface area contributed by atoms with E-state index in [1.165, 1.54) is 4.80 Å². The van der Waals surface area contributed by atoms with Crippen molar-refractivity contribution in [1.29, 1.82) is 0 Å². The van der Waals surface area contributed by atoms with Crippen LogP contribution in [0.15, 0.2) is 24.3 Å². The van der Waals surface area contributed by atoms with Crippen molar-refractivity contribution in [3.8, 4) is 5.75 Å². The van der Waals surface area contributed by atoms with Crippen LogP contribution in [0.2, 0.25) is 0 Å². The second-order valence-corrected chi connectivity index (χ2v) is 3.29. The summed E-state index contributed by atoms with van der Waals surface area (Å²) < 4.78 is 5.03. The first kappa shape index (κ1) is 11.1. The van der Waals surface area contributed by atoms with E-state index in [1.54, 1.807) is 38.4 Å². The lowest BCUT2D eigenvalue weighted by atomic mass is 10.2. The molecule has 0 saturated heterocycles. The Balaban J connectivity index is 2.14. The van der Waals surface area contributed by atoms with Gasteiger partial charge in [-0.05, 0) is 23.4 Å². The molecule has 1 N–H and O–H groups in total. The molecule has 2 rings (SSSR count). The number of aromatic nitrogens is 4. The van der Waals surface area contributed by atoms with Crippen molar-refractivity contribution in [2.45, 2.75) is 0 Å². The Bertz CT molecular complexity index is 537. The molecule has 7 heteroatoms. The molecule has 1 aromatic carbocycles. The third-order valence-corrected chi connectivity index (χ3v) is 2.07. The zero-order valence-electron chi connectivity index (χ0n) is 9.41. The minimum Gasteiger partial charge on any atom is -0.497 e. The van der Waals surface area contributed by atoms with Crippen LogP contribution in [-0.2, 0) is 7.05 Å². The van der Waals surface area contributed by atoms with E-state index in [-0.39, 0.29) is 11.9 Å². The highest BCUT2D eigenvalue weighted by Crippen LogP contribution is 2.13. The maximum absolute atomic E-state index is 11.8. The van der Waals surface area contributed by atoms with Gasteiger partial charge in [0, 0.05) is 5.56 Å². The van der Waals surface area contributed by atoms with Gasteiger partial charge in [-0.3, -0.25) is 10.1 Å². The quantitative estimate of drug-likeness (QED) is 0.833. The lowest BCUT2D eigenvalue weighted by Gasteiger charge is -2.03. The molecule has 0 bridgehead atoms. The first-order valence-electron chi connectivity index (χ1n) is 4.88. The molecule has 0 aliphatic heterocycles. The van der Waals surface area contributed by atoms with Crippen molar-refractivity contribution < 1.29 is 9.53 Å². The molecule has 0 fully saturated rings.